The van der Waals surface area contributed by atoms with Crippen LogP contribution in [-0.4, -0.2) is 22.7 Å². The summed E-state index contributed by atoms with van der Waals surface area (Å²) in [5, 5.41) is 2.96. The lowest BCUT2D eigenvalue weighted by Gasteiger charge is -2.20. The van der Waals surface area contributed by atoms with E-state index in [-0.39, 0.29) is 11.4 Å². The standard InChI is InChI=1S/C11H18N2OS2/c1-7-8(16-10(12-7)15-5)6-9(14)13-11(2,3)4/h6H2,1-5H3,(H,13,14). The number of amides is 1. The lowest BCUT2D eigenvalue weighted by Crippen LogP contribution is -2.41. The Morgan fingerprint density at radius 1 is 1.50 bits per heavy atom. The molecule has 1 amide bonds. The van der Waals surface area contributed by atoms with E-state index in [1.165, 1.54) is 0 Å². The first-order valence-electron chi connectivity index (χ1n) is 5.13. The van der Waals surface area contributed by atoms with Gasteiger partial charge < -0.3 is 5.32 Å². The number of nitrogens with zero attached hydrogens (tertiary/aromatic N) is 1. The maximum absolute atomic E-state index is 11.7. The van der Waals surface area contributed by atoms with Gasteiger partial charge >= 0.3 is 0 Å². The molecule has 0 fully saturated rings. The van der Waals surface area contributed by atoms with Crippen LogP contribution in [0, 0.1) is 6.92 Å². The predicted molar refractivity (Wildman–Crippen MR) is 70.2 cm³/mol. The average Bonchev–Trinajstić information content (AvgIpc) is 2.44. The molecule has 1 N–H and O–H groups in total. The number of thiazole rings is 1. The van der Waals surface area contributed by atoms with Crippen LogP contribution in [0.4, 0.5) is 0 Å². The molecule has 1 heterocycles. The second-order valence-electron chi connectivity index (χ2n) is 4.67. The maximum atomic E-state index is 11.7. The summed E-state index contributed by atoms with van der Waals surface area (Å²) in [6.45, 7) is 7.91. The number of hydrogen-bond acceptors (Lipinski definition) is 4. The Kier molecular flexibility index (Phi) is 4.38. The molecule has 0 aliphatic rings. The van der Waals surface area contributed by atoms with Crippen molar-refractivity contribution in [2.75, 3.05) is 6.26 Å². The van der Waals surface area contributed by atoms with Gasteiger partial charge in [-0.25, -0.2) is 4.98 Å². The summed E-state index contributed by atoms with van der Waals surface area (Å²) in [4.78, 5) is 17.2. The van der Waals surface area contributed by atoms with Crippen molar-refractivity contribution in [2.45, 2.75) is 44.0 Å². The van der Waals surface area contributed by atoms with E-state index in [0.717, 1.165) is 14.9 Å². The lowest BCUT2D eigenvalue weighted by molar-refractivity contribution is -0.121. The van der Waals surface area contributed by atoms with Gasteiger partial charge in [0.15, 0.2) is 0 Å². The zero-order valence-corrected chi connectivity index (χ0v) is 12.0. The van der Waals surface area contributed by atoms with Crippen molar-refractivity contribution in [3.8, 4) is 0 Å². The molecule has 0 saturated heterocycles. The summed E-state index contributed by atoms with van der Waals surface area (Å²) in [7, 11) is 0. The number of aromatic nitrogens is 1. The van der Waals surface area contributed by atoms with Gasteiger partial charge in [-0.05, 0) is 34.0 Å². The van der Waals surface area contributed by atoms with E-state index in [0.29, 0.717) is 6.42 Å². The molecule has 1 aromatic rings. The molecule has 0 aliphatic carbocycles. The van der Waals surface area contributed by atoms with Crippen molar-refractivity contribution in [1.29, 1.82) is 0 Å². The molecule has 1 aromatic heterocycles. The molecule has 1 rings (SSSR count). The SMILES string of the molecule is CSc1nc(C)c(CC(=O)NC(C)(C)C)s1. The van der Waals surface area contributed by atoms with Gasteiger partial charge in [-0.3, -0.25) is 4.79 Å². The van der Waals surface area contributed by atoms with Gasteiger partial charge in [0.05, 0.1) is 12.1 Å². The van der Waals surface area contributed by atoms with Crippen LogP contribution in [0.2, 0.25) is 0 Å². The van der Waals surface area contributed by atoms with Gasteiger partial charge in [0.2, 0.25) is 5.91 Å². The van der Waals surface area contributed by atoms with Crippen molar-refractivity contribution in [1.82, 2.24) is 10.3 Å². The number of hydrogen-bond donors (Lipinski definition) is 1. The Labute approximate surface area is 105 Å². The third kappa shape index (κ3) is 4.14. The van der Waals surface area contributed by atoms with Crippen LogP contribution in [-0.2, 0) is 11.2 Å². The first kappa shape index (κ1) is 13.5. The zero-order valence-electron chi connectivity index (χ0n) is 10.4. The summed E-state index contributed by atoms with van der Waals surface area (Å²) >= 11 is 3.22. The van der Waals surface area contributed by atoms with E-state index in [9.17, 15) is 4.79 Å². The van der Waals surface area contributed by atoms with Gasteiger partial charge in [-0.1, -0.05) is 11.8 Å². The fourth-order valence-electron chi connectivity index (χ4n) is 1.26. The van der Waals surface area contributed by atoms with E-state index >= 15 is 0 Å². The summed E-state index contributed by atoms with van der Waals surface area (Å²) in [5.74, 6) is 0.0619. The van der Waals surface area contributed by atoms with Gasteiger partial charge in [0, 0.05) is 10.4 Å². The Hall–Kier alpha value is -0.550. The maximum Gasteiger partial charge on any atom is 0.225 e. The first-order chi connectivity index (χ1) is 7.31. The highest BCUT2D eigenvalue weighted by atomic mass is 32.2. The molecular formula is C11H18N2OS2. The van der Waals surface area contributed by atoms with Crippen molar-refractivity contribution in [3.63, 3.8) is 0 Å². The Morgan fingerprint density at radius 2 is 2.12 bits per heavy atom. The molecule has 0 bridgehead atoms. The largest absolute Gasteiger partial charge is 0.351 e. The third-order valence-corrected chi connectivity index (χ3v) is 4.03. The van der Waals surface area contributed by atoms with E-state index in [1.54, 1.807) is 23.1 Å². The van der Waals surface area contributed by atoms with Crippen LogP contribution in [0.5, 0.6) is 0 Å². The van der Waals surface area contributed by atoms with Crippen LogP contribution in [0.15, 0.2) is 4.34 Å². The van der Waals surface area contributed by atoms with Crippen LogP contribution in [0.3, 0.4) is 0 Å². The minimum atomic E-state index is -0.169. The van der Waals surface area contributed by atoms with E-state index in [4.69, 9.17) is 0 Å². The molecule has 5 heteroatoms. The summed E-state index contributed by atoms with van der Waals surface area (Å²) in [6.07, 6.45) is 2.43. The Balaban J connectivity index is 2.66. The molecule has 0 radical (unpaired) electrons. The molecule has 0 aromatic carbocycles. The molecule has 0 unspecified atom stereocenters. The Bertz CT molecular complexity index is 380. The number of nitrogens with one attached hydrogen (secondary N) is 1. The number of thioether (sulfide) groups is 1. The number of rotatable bonds is 3. The van der Waals surface area contributed by atoms with Crippen LogP contribution in [0.1, 0.15) is 31.3 Å². The molecule has 90 valence electrons. The summed E-state index contributed by atoms with van der Waals surface area (Å²) in [5.41, 5.74) is 0.802. The zero-order chi connectivity index (χ0) is 12.3. The molecule has 3 nitrogen and oxygen atoms in total. The number of aryl methyl sites for hydroxylation is 1. The topological polar surface area (TPSA) is 42.0 Å². The fourth-order valence-corrected chi connectivity index (χ4v) is 2.91. The second kappa shape index (κ2) is 5.19. The second-order valence-corrected chi connectivity index (χ2v) is 6.80. The molecule has 0 spiro atoms. The number of carbonyl (C=O) groups excluding carboxylic acids is 1. The normalized spacial score (nSPS) is 11.6. The summed E-state index contributed by atoms with van der Waals surface area (Å²) < 4.78 is 1.02. The van der Waals surface area contributed by atoms with Crippen molar-refractivity contribution >= 4 is 29.0 Å². The highest BCUT2D eigenvalue weighted by Crippen LogP contribution is 2.25. The Morgan fingerprint density at radius 3 is 2.56 bits per heavy atom. The quantitative estimate of drug-likeness (QED) is 0.847. The molecule has 0 atom stereocenters. The highest BCUT2D eigenvalue weighted by molar-refractivity contribution is 8.00. The first-order valence-corrected chi connectivity index (χ1v) is 7.17. The monoisotopic (exact) mass is 258 g/mol. The van der Waals surface area contributed by atoms with Crippen LogP contribution in [0.25, 0.3) is 0 Å². The molecule has 0 saturated carbocycles. The molecule has 0 aliphatic heterocycles. The van der Waals surface area contributed by atoms with E-state index in [1.807, 2.05) is 34.0 Å². The van der Waals surface area contributed by atoms with Gasteiger partial charge in [-0.15, -0.1) is 11.3 Å². The third-order valence-electron chi connectivity index (χ3n) is 1.88. The van der Waals surface area contributed by atoms with Gasteiger partial charge in [0.1, 0.15) is 4.34 Å². The smallest absolute Gasteiger partial charge is 0.225 e. The number of carbonyl (C=O) groups is 1. The summed E-state index contributed by atoms with van der Waals surface area (Å²) in [6, 6.07) is 0. The minimum absolute atomic E-state index is 0.0619. The lowest BCUT2D eigenvalue weighted by atomic mass is 10.1. The van der Waals surface area contributed by atoms with E-state index in [2.05, 4.69) is 10.3 Å². The van der Waals surface area contributed by atoms with Gasteiger partial charge in [-0.2, -0.15) is 0 Å². The van der Waals surface area contributed by atoms with Crippen LogP contribution >= 0.6 is 23.1 Å². The minimum Gasteiger partial charge on any atom is -0.351 e. The van der Waals surface area contributed by atoms with E-state index < -0.39 is 0 Å². The van der Waals surface area contributed by atoms with Gasteiger partial charge in [0.25, 0.3) is 0 Å². The molecular weight excluding hydrogens is 240 g/mol. The fraction of sp³-hybridized carbons (Fsp3) is 0.636. The van der Waals surface area contributed by atoms with Crippen LogP contribution < -0.4 is 5.32 Å². The molecule has 16 heavy (non-hydrogen) atoms. The average molecular weight is 258 g/mol. The van der Waals surface area contributed by atoms with Crippen molar-refractivity contribution in [3.05, 3.63) is 10.6 Å². The predicted octanol–water partition coefficient (Wildman–Crippen LogP) is 2.63. The highest BCUT2D eigenvalue weighted by Gasteiger charge is 2.16. The van der Waals surface area contributed by atoms with Crippen molar-refractivity contribution in [2.24, 2.45) is 0 Å². The van der Waals surface area contributed by atoms with Crippen molar-refractivity contribution < 1.29 is 4.79 Å².